The van der Waals surface area contributed by atoms with Gasteiger partial charge in [-0.25, -0.2) is 4.98 Å². The molecule has 0 amide bonds. The van der Waals surface area contributed by atoms with E-state index in [-0.39, 0.29) is 22.7 Å². The Morgan fingerprint density at radius 3 is 2.21 bits per heavy atom. The molecule has 42 heavy (non-hydrogen) atoms. The van der Waals surface area contributed by atoms with Gasteiger partial charge in [0.05, 0.1) is 11.5 Å². The summed E-state index contributed by atoms with van der Waals surface area (Å²) in [5.41, 5.74) is 0.537. The van der Waals surface area contributed by atoms with Gasteiger partial charge >= 0.3 is 6.18 Å². The number of hydrogen-bond donors (Lipinski definition) is 1. The number of nitrogens with one attached hydrogen (secondary N) is 1. The van der Waals surface area contributed by atoms with Crippen molar-refractivity contribution in [3.05, 3.63) is 89.6 Å². The molecule has 1 aliphatic carbocycles. The van der Waals surface area contributed by atoms with Crippen molar-refractivity contribution in [1.29, 1.82) is 0 Å². The van der Waals surface area contributed by atoms with E-state index in [0.717, 1.165) is 31.7 Å². The van der Waals surface area contributed by atoms with Crippen LogP contribution in [0.2, 0.25) is 0 Å². The van der Waals surface area contributed by atoms with E-state index in [1.807, 2.05) is 25.1 Å². The fourth-order valence-corrected chi connectivity index (χ4v) is 7.10. The fraction of sp³-hybridized carbons (Fsp3) is 0.406. The monoisotopic (exact) mass is 600 g/mol. The average molecular weight is 601 g/mol. The quantitative estimate of drug-likeness (QED) is 0.232. The Balaban J connectivity index is 1.52. The summed E-state index contributed by atoms with van der Waals surface area (Å²) in [6, 6.07) is 17.9. The van der Waals surface area contributed by atoms with Crippen molar-refractivity contribution in [2.75, 3.05) is 4.72 Å². The summed E-state index contributed by atoms with van der Waals surface area (Å²) in [6.07, 6.45) is 0.168. The van der Waals surface area contributed by atoms with Gasteiger partial charge in [0.25, 0.3) is 10.0 Å². The summed E-state index contributed by atoms with van der Waals surface area (Å²) in [5, 5.41) is -0.562. The van der Waals surface area contributed by atoms with Crippen LogP contribution in [0.5, 0.6) is 0 Å². The lowest BCUT2D eigenvalue weighted by Gasteiger charge is -2.40. The highest BCUT2D eigenvalue weighted by Gasteiger charge is 2.46. The van der Waals surface area contributed by atoms with Gasteiger partial charge in [-0.15, -0.1) is 0 Å². The van der Waals surface area contributed by atoms with Crippen LogP contribution in [0.1, 0.15) is 75.0 Å². The van der Waals surface area contributed by atoms with Crippen LogP contribution >= 0.6 is 0 Å². The first-order valence-electron chi connectivity index (χ1n) is 14.1. The number of alkyl halides is 3. The third kappa shape index (κ3) is 7.27. The Kier molecular flexibility index (Phi) is 9.55. The second-order valence-electron chi connectivity index (χ2n) is 11.1. The third-order valence-electron chi connectivity index (χ3n) is 8.11. The van der Waals surface area contributed by atoms with E-state index in [2.05, 4.69) is 28.8 Å². The predicted octanol–water partition coefficient (Wildman–Crippen LogP) is 7.36. The van der Waals surface area contributed by atoms with Crippen LogP contribution in [-0.2, 0) is 32.2 Å². The van der Waals surface area contributed by atoms with Gasteiger partial charge in [0.2, 0.25) is 0 Å². The number of Topliss-reactive ketones (excluding diaryl/α,β-unsaturated/α-hetero) is 2. The van der Waals surface area contributed by atoms with Crippen LogP contribution in [0.3, 0.4) is 0 Å². The zero-order valence-electron chi connectivity index (χ0n) is 23.7. The first kappa shape index (κ1) is 31.4. The predicted molar refractivity (Wildman–Crippen MR) is 154 cm³/mol. The molecule has 10 heteroatoms. The molecule has 0 aliphatic heterocycles. The van der Waals surface area contributed by atoms with Crippen LogP contribution in [0, 0.1) is 11.3 Å². The molecule has 3 aromatic rings. The van der Waals surface area contributed by atoms with Gasteiger partial charge in [0.15, 0.2) is 5.03 Å². The minimum atomic E-state index is -4.64. The summed E-state index contributed by atoms with van der Waals surface area (Å²) in [5.74, 6) is -1.42. The second-order valence-corrected chi connectivity index (χ2v) is 12.8. The lowest BCUT2D eigenvalue weighted by atomic mass is 9.61. The summed E-state index contributed by atoms with van der Waals surface area (Å²) < 4.78 is 66.7. The normalized spacial score (nSPS) is 20.4. The highest BCUT2D eigenvalue weighted by molar-refractivity contribution is 7.92. The Labute approximate surface area is 244 Å². The number of carbonyl (C=O) groups excluding carboxylic acids is 2. The minimum Gasteiger partial charge on any atom is -0.299 e. The number of pyridine rings is 1. The maximum atomic E-state index is 13.7. The van der Waals surface area contributed by atoms with Crippen molar-refractivity contribution >= 4 is 27.3 Å². The van der Waals surface area contributed by atoms with Gasteiger partial charge < -0.3 is 0 Å². The van der Waals surface area contributed by atoms with Crippen LogP contribution in [-0.4, -0.2) is 25.0 Å². The standard InChI is InChI=1S/C32H35F3N2O4S/c1-3-16-31(17-15-22-9-6-5-7-10-22)19-27(38)30(28(39)20-31)26(4-2)23-11-8-12-25(18-23)37-42(40,41)29-14-13-24(21-36-29)32(33,34)35/h5-14,18,21,26,30,37H,3-4,15-17,19-20H2,1-2H3. The smallest absolute Gasteiger partial charge is 0.299 e. The third-order valence-corrected chi connectivity index (χ3v) is 9.40. The number of sulfonamides is 1. The molecule has 4 rings (SSSR count). The summed E-state index contributed by atoms with van der Waals surface area (Å²) >= 11 is 0. The van der Waals surface area contributed by atoms with Crippen LogP contribution < -0.4 is 4.72 Å². The van der Waals surface area contributed by atoms with E-state index in [1.54, 1.807) is 18.2 Å². The number of nitrogens with zero attached hydrogens (tertiary/aromatic N) is 1. The summed E-state index contributed by atoms with van der Waals surface area (Å²) in [4.78, 5) is 30.8. The van der Waals surface area contributed by atoms with E-state index in [9.17, 15) is 31.2 Å². The minimum absolute atomic E-state index is 0.0838. The van der Waals surface area contributed by atoms with Crippen LogP contribution in [0.4, 0.5) is 18.9 Å². The van der Waals surface area contributed by atoms with E-state index in [1.165, 1.54) is 11.6 Å². The van der Waals surface area contributed by atoms with Crippen LogP contribution in [0.25, 0.3) is 0 Å². The topological polar surface area (TPSA) is 93.2 Å². The van der Waals surface area contributed by atoms with Crippen molar-refractivity contribution < 1.29 is 31.2 Å². The van der Waals surface area contributed by atoms with Crippen molar-refractivity contribution in [3.63, 3.8) is 0 Å². The van der Waals surface area contributed by atoms with Gasteiger partial charge in [-0.1, -0.05) is 62.7 Å². The van der Waals surface area contributed by atoms with Gasteiger partial charge in [0, 0.05) is 30.6 Å². The number of hydrogen-bond acceptors (Lipinski definition) is 5. The molecule has 1 N–H and O–H groups in total. The van der Waals surface area contributed by atoms with Crippen molar-refractivity contribution in [3.8, 4) is 0 Å². The second kappa shape index (κ2) is 12.8. The molecule has 6 nitrogen and oxygen atoms in total. The highest BCUT2D eigenvalue weighted by Crippen LogP contribution is 2.46. The number of anilines is 1. The van der Waals surface area contributed by atoms with Gasteiger partial charge in [-0.3, -0.25) is 14.3 Å². The van der Waals surface area contributed by atoms with Gasteiger partial charge in [-0.2, -0.15) is 21.6 Å². The first-order chi connectivity index (χ1) is 19.9. The average Bonchev–Trinajstić information content (AvgIpc) is 2.94. The molecule has 1 fully saturated rings. The van der Waals surface area contributed by atoms with E-state index >= 15 is 0 Å². The number of aromatic nitrogens is 1. The molecule has 2 aromatic carbocycles. The molecule has 1 aliphatic rings. The number of rotatable bonds is 11. The molecule has 1 atom stereocenters. The Hall–Kier alpha value is -3.53. The molecule has 0 spiro atoms. The SMILES string of the molecule is CCCC1(CCc2ccccc2)CC(=O)C(C(CC)c2cccc(NS(=O)(=O)c3ccc(C(F)(F)F)cn3)c2)C(=O)C1. The number of benzene rings is 2. The van der Waals surface area contributed by atoms with Crippen LogP contribution in [0.15, 0.2) is 78.0 Å². The maximum Gasteiger partial charge on any atom is 0.417 e. The Morgan fingerprint density at radius 1 is 0.952 bits per heavy atom. The molecular weight excluding hydrogens is 565 g/mol. The number of ketones is 2. The van der Waals surface area contributed by atoms with Crippen molar-refractivity contribution in [1.82, 2.24) is 4.98 Å². The van der Waals surface area contributed by atoms with E-state index in [0.29, 0.717) is 37.1 Å². The van der Waals surface area contributed by atoms with E-state index in [4.69, 9.17) is 0 Å². The molecule has 0 radical (unpaired) electrons. The molecule has 224 valence electrons. The Bertz CT molecular complexity index is 1490. The molecule has 0 bridgehead atoms. The van der Waals surface area contributed by atoms with Crippen molar-refractivity contribution in [2.24, 2.45) is 11.3 Å². The summed E-state index contributed by atoms with van der Waals surface area (Å²) in [7, 11) is -4.28. The molecule has 1 saturated carbocycles. The van der Waals surface area contributed by atoms with E-state index < -0.39 is 38.6 Å². The zero-order chi connectivity index (χ0) is 30.5. The van der Waals surface area contributed by atoms with Gasteiger partial charge in [-0.05, 0) is 66.5 Å². The molecular formula is C32H35F3N2O4S. The largest absolute Gasteiger partial charge is 0.417 e. The van der Waals surface area contributed by atoms with Crippen molar-refractivity contribution in [2.45, 2.75) is 75.9 Å². The zero-order valence-corrected chi connectivity index (χ0v) is 24.5. The van der Waals surface area contributed by atoms with Gasteiger partial charge in [0.1, 0.15) is 11.6 Å². The number of carbonyl (C=O) groups is 2. The molecule has 1 heterocycles. The molecule has 0 saturated heterocycles. The lowest BCUT2D eigenvalue weighted by Crippen LogP contribution is -2.43. The molecule has 1 aromatic heterocycles. The summed E-state index contributed by atoms with van der Waals surface area (Å²) in [6.45, 7) is 3.95. The first-order valence-corrected chi connectivity index (χ1v) is 15.6. The number of halogens is 3. The highest BCUT2D eigenvalue weighted by atomic mass is 32.2. The molecule has 1 unspecified atom stereocenters. The lowest BCUT2D eigenvalue weighted by molar-refractivity contribution is -0.142. The Morgan fingerprint density at radius 2 is 1.64 bits per heavy atom. The fourth-order valence-electron chi connectivity index (χ4n) is 6.12. The maximum absolute atomic E-state index is 13.7. The number of aryl methyl sites for hydroxylation is 1.